The van der Waals surface area contributed by atoms with Crippen LogP contribution in [-0.4, -0.2) is 16.5 Å². The summed E-state index contributed by atoms with van der Waals surface area (Å²) in [4.78, 5) is 8.80. The number of rotatable bonds is 6. The van der Waals surface area contributed by atoms with Gasteiger partial charge in [-0.2, -0.15) is 0 Å². The molecule has 2 heterocycles. The molecule has 0 bridgehead atoms. The van der Waals surface area contributed by atoms with E-state index in [-0.39, 0.29) is 0 Å². The lowest BCUT2D eigenvalue weighted by Crippen LogP contribution is -2.17. The van der Waals surface area contributed by atoms with Crippen LogP contribution in [0.15, 0.2) is 29.8 Å². The number of aromatic nitrogens is 2. The number of pyridine rings is 1. The van der Waals surface area contributed by atoms with Gasteiger partial charge in [-0.1, -0.05) is 13.0 Å². The molecule has 2 rings (SSSR count). The van der Waals surface area contributed by atoms with Crippen molar-refractivity contribution in [2.24, 2.45) is 0 Å². The average Bonchev–Trinajstić information content (AvgIpc) is 2.84. The molecule has 4 heteroatoms. The zero-order valence-corrected chi connectivity index (χ0v) is 10.8. The molecule has 3 nitrogen and oxygen atoms in total. The van der Waals surface area contributed by atoms with Crippen LogP contribution in [0.4, 0.5) is 0 Å². The van der Waals surface area contributed by atoms with Gasteiger partial charge in [-0.05, 0) is 18.6 Å². The van der Waals surface area contributed by atoms with Crippen LogP contribution in [-0.2, 0) is 19.4 Å². The van der Waals surface area contributed by atoms with Crippen LogP contribution < -0.4 is 5.32 Å². The Bertz CT molecular complexity index is 439. The van der Waals surface area contributed by atoms with Crippen molar-refractivity contribution in [2.45, 2.75) is 26.3 Å². The average molecular weight is 247 g/mol. The lowest BCUT2D eigenvalue weighted by molar-refractivity contribution is 0.669. The standard InChI is InChI=1S/C13H17N3S/c1-2-13-16-12(10-17-13)9-14-8-6-11-5-3-4-7-15-11/h3-5,7,10,14H,2,6,8-9H2,1H3. The summed E-state index contributed by atoms with van der Waals surface area (Å²) in [7, 11) is 0. The molecule has 0 aromatic carbocycles. The lowest BCUT2D eigenvalue weighted by atomic mass is 10.3. The van der Waals surface area contributed by atoms with E-state index < -0.39 is 0 Å². The minimum Gasteiger partial charge on any atom is -0.311 e. The molecule has 0 amide bonds. The first-order valence-corrected chi connectivity index (χ1v) is 6.80. The summed E-state index contributed by atoms with van der Waals surface area (Å²) in [6.07, 6.45) is 3.83. The van der Waals surface area contributed by atoms with Crippen molar-refractivity contribution < 1.29 is 0 Å². The monoisotopic (exact) mass is 247 g/mol. The van der Waals surface area contributed by atoms with Crippen LogP contribution in [0.3, 0.4) is 0 Å². The van der Waals surface area contributed by atoms with Gasteiger partial charge in [0.2, 0.25) is 0 Å². The zero-order valence-electron chi connectivity index (χ0n) is 10.0. The second-order valence-corrected chi connectivity index (χ2v) is 4.78. The van der Waals surface area contributed by atoms with Crippen molar-refractivity contribution in [1.82, 2.24) is 15.3 Å². The molecular weight excluding hydrogens is 230 g/mol. The topological polar surface area (TPSA) is 37.8 Å². The largest absolute Gasteiger partial charge is 0.311 e. The SMILES string of the molecule is CCc1nc(CNCCc2ccccn2)cs1. The fourth-order valence-electron chi connectivity index (χ4n) is 1.57. The number of nitrogens with zero attached hydrogens (tertiary/aromatic N) is 2. The molecule has 90 valence electrons. The first kappa shape index (κ1) is 12.2. The number of nitrogens with one attached hydrogen (secondary N) is 1. The molecule has 2 aromatic heterocycles. The molecule has 0 aliphatic carbocycles. The molecule has 0 fully saturated rings. The van der Waals surface area contributed by atoms with Crippen molar-refractivity contribution in [3.63, 3.8) is 0 Å². The van der Waals surface area contributed by atoms with Crippen molar-refractivity contribution >= 4 is 11.3 Å². The summed E-state index contributed by atoms with van der Waals surface area (Å²) in [5.74, 6) is 0. The molecule has 0 aliphatic rings. The Morgan fingerprint density at radius 2 is 2.24 bits per heavy atom. The normalized spacial score (nSPS) is 10.6. The van der Waals surface area contributed by atoms with Gasteiger partial charge in [0.25, 0.3) is 0 Å². The van der Waals surface area contributed by atoms with Gasteiger partial charge in [0.05, 0.1) is 10.7 Å². The van der Waals surface area contributed by atoms with Crippen molar-refractivity contribution in [3.8, 4) is 0 Å². The highest BCUT2D eigenvalue weighted by Gasteiger charge is 1.99. The van der Waals surface area contributed by atoms with Crippen molar-refractivity contribution in [1.29, 1.82) is 0 Å². The molecule has 0 saturated carbocycles. The molecule has 0 unspecified atom stereocenters. The fourth-order valence-corrected chi connectivity index (χ4v) is 2.32. The zero-order chi connectivity index (χ0) is 11.9. The van der Waals surface area contributed by atoms with Crippen LogP contribution in [0.5, 0.6) is 0 Å². The lowest BCUT2D eigenvalue weighted by Gasteiger charge is -2.02. The fraction of sp³-hybridized carbons (Fsp3) is 0.385. The highest BCUT2D eigenvalue weighted by atomic mass is 32.1. The maximum Gasteiger partial charge on any atom is 0.0926 e. The third kappa shape index (κ3) is 3.91. The Balaban J connectivity index is 1.69. The van der Waals surface area contributed by atoms with Gasteiger partial charge in [0, 0.05) is 36.8 Å². The van der Waals surface area contributed by atoms with E-state index in [1.165, 1.54) is 5.01 Å². The van der Waals surface area contributed by atoms with Gasteiger partial charge < -0.3 is 5.32 Å². The van der Waals surface area contributed by atoms with Crippen molar-refractivity contribution in [3.05, 3.63) is 46.2 Å². The third-order valence-electron chi connectivity index (χ3n) is 2.49. The van der Waals surface area contributed by atoms with Gasteiger partial charge in [0.1, 0.15) is 0 Å². The summed E-state index contributed by atoms with van der Waals surface area (Å²) < 4.78 is 0. The van der Waals surface area contributed by atoms with Gasteiger partial charge in [-0.3, -0.25) is 4.98 Å². The third-order valence-corrected chi connectivity index (χ3v) is 3.53. The predicted molar refractivity (Wildman–Crippen MR) is 71.1 cm³/mol. The Morgan fingerprint density at radius 1 is 1.29 bits per heavy atom. The van der Waals surface area contributed by atoms with E-state index in [4.69, 9.17) is 0 Å². The molecular formula is C13H17N3S. The molecule has 1 N–H and O–H groups in total. The van der Waals surface area contributed by atoms with Gasteiger partial charge in [-0.15, -0.1) is 11.3 Å². The Morgan fingerprint density at radius 3 is 2.94 bits per heavy atom. The van der Waals surface area contributed by atoms with Gasteiger partial charge in [-0.25, -0.2) is 4.98 Å². The van der Waals surface area contributed by atoms with Crippen molar-refractivity contribution in [2.75, 3.05) is 6.54 Å². The van der Waals surface area contributed by atoms with Crippen LogP contribution in [0.2, 0.25) is 0 Å². The van der Waals surface area contributed by atoms with E-state index in [0.29, 0.717) is 0 Å². The van der Waals surface area contributed by atoms with Crippen LogP contribution >= 0.6 is 11.3 Å². The number of thiazole rings is 1. The quantitative estimate of drug-likeness (QED) is 0.797. The first-order chi connectivity index (χ1) is 8.38. The van der Waals surface area contributed by atoms with Crippen LogP contribution in [0.25, 0.3) is 0 Å². The van der Waals surface area contributed by atoms with Gasteiger partial charge >= 0.3 is 0 Å². The van der Waals surface area contributed by atoms with E-state index in [1.54, 1.807) is 11.3 Å². The number of aryl methyl sites for hydroxylation is 1. The summed E-state index contributed by atoms with van der Waals surface area (Å²) in [5, 5.41) is 6.74. The first-order valence-electron chi connectivity index (χ1n) is 5.92. The molecule has 0 atom stereocenters. The summed E-state index contributed by atoms with van der Waals surface area (Å²) in [6, 6.07) is 6.02. The molecule has 17 heavy (non-hydrogen) atoms. The van der Waals surface area contributed by atoms with Gasteiger partial charge in [0.15, 0.2) is 0 Å². The Labute approximate surface area is 106 Å². The minimum absolute atomic E-state index is 0.851. The summed E-state index contributed by atoms with van der Waals surface area (Å²) in [6.45, 7) is 3.93. The highest BCUT2D eigenvalue weighted by molar-refractivity contribution is 7.09. The molecule has 2 aromatic rings. The smallest absolute Gasteiger partial charge is 0.0926 e. The highest BCUT2D eigenvalue weighted by Crippen LogP contribution is 2.09. The summed E-state index contributed by atoms with van der Waals surface area (Å²) >= 11 is 1.74. The summed E-state index contributed by atoms with van der Waals surface area (Å²) in [5.41, 5.74) is 2.28. The molecule has 0 radical (unpaired) electrons. The van der Waals surface area contributed by atoms with Crippen LogP contribution in [0, 0.1) is 0 Å². The predicted octanol–water partition coefficient (Wildman–Crippen LogP) is 2.43. The molecule has 0 spiro atoms. The van der Waals surface area contributed by atoms with E-state index in [1.807, 2.05) is 18.3 Å². The second kappa shape index (κ2) is 6.47. The van der Waals surface area contributed by atoms with E-state index >= 15 is 0 Å². The number of hydrogen-bond acceptors (Lipinski definition) is 4. The number of hydrogen-bond donors (Lipinski definition) is 1. The van der Waals surface area contributed by atoms with Crippen LogP contribution in [0.1, 0.15) is 23.3 Å². The maximum atomic E-state index is 4.51. The van der Waals surface area contributed by atoms with E-state index in [9.17, 15) is 0 Å². The Kier molecular flexibility index (Phi) is 4.64. The van der Waals surface area contributed by atoms with E-state index in [0.717, 1.165) is 37.3 Å². The second-order valence-electron chi connectivity index (χ2n) is 3.83. The Hall–Kier alpha value is -1.26. The van der Waals surface area contributed by atoms with E-state index in [2.05, 4.69) is 33.7 Å². The molecule has 0 aliphatic heterocycles. The minimum atomic E-state index is 0.851. The molecule has 0 saturated heterocycles. The maximum absolute atomic E-state index is 4.51.